The van der Waals surface area contributed by atoms with E-state index >= 15 is 0 Å². The third-order valence-electron chi connectivity index (χ3n) is 7.97. The maximum absolute atomic E-state index is 12.6. The molecule has 0 aliphatic carbocycles. The SMILES string of the molecule is NCCCCC(NCCCCNC(=O)CCCCCCCCCCCCCCCCCCC(=O)O)C(=O)NC(CS)C(N)=O. The molecule has 0 saturated carbocycles. The lowest BCUT2D eigenvalue weighted by molar-refractivity contribution is -0.137. The molecule has 0 radical (unpaired) electrons. The largest absolute Gasteiger partial charge is 0.481 e. The van der Waals surface area contributed by atoms with Gasteiger partial charge in [-0.1, -0.05) is 96.3 Å². The number of carbonyl (C=O) groups is 4. The van der Waals surface area contributed by atoms with E-state index in [1.54, 1.807) is 0 Å². The molecule has 8 N–H and O–H groups in total. The minimum Gasteiger partial charge on any atom is -0.481 e. The molecular formula is C33H65N5O5S. The first kappa shape index (κ1) is 42.1. The zero-order valence-corrected chi connectivity index (χ0v) is 28.3. The smallest absolute Gasteiger partial charge is 0.303 e. The molecule has 0 aromatic rings. The van der Waals surface area contributed by atoms with Crippen LogP contribution in [-0.4, -0.2) is 66.3 Å². The number of aliphatic carboxylic acids is 1. The molecule has 0 spiro atoms. The maximum atomic E-state index is 12.6. The predicted octanol–water partition coefficient (Wildman–Crippen LogP) is 4.98. The van der Waals surface area contributed by atoms with Crippen molar-refractivity contribution in [1.29, 1.82) is 0 Å². The molecule has 10 nitrogen and oxygen atoms in total. The Bertz CT molecular complexity index is 743. The van der Waals surface area contributed by atoms with Gasteiger partial charge < -0.3 is 32.5 Å². The highest BCUT2D eigenvalue weighted by Gasteiger charge is 2.22. The molecule has 0 aliphatic heterocycles. The van der Waals surface area contributed by atoms with Crippen LogP contribution in [-0.2, 0) is 19.2 Å². The summed E-state index contributed by atoms with van der Waals surface area (Å²) in [6.07, 6.45) is 24.0. The Balaban J connectivity index is 3.64. The Kier molecular flexibility index (Phi) is 29.8. The van der Waals surface area contributed by atoms with Gasteiger partial charge >= 0.3 is 5.97 Å². The Morgan fingerprint density at radius 2 is 1.09 bits per heavy atom. The van der Waals surface area contributed by atoms with Crippen LogP contribution >= 0.6 is 12.6 Å². The van der Waals surface area contributed by atoms with Crippen LogP contribution < -0.4 is 27.4 Å². The van der Waals surface area contributed by atoms with Gasteiger partial charge in [-0.2, -0.15) is 12.6 Å². The van der Waals surface area contributed by atoms with Gasteiger partial charge in [0.25, 0.3) is 0 Å². The summed E-state index contributed by atoms with van der Waals surface area (Å²) in [6.45, 7) is 1.83. The lowest BCUT2D eigenvalue weighted by atomic mass is 10.0. The summed E-state index contributed by atoms with van der Waals surface area (Å²) in [5.41, 5.74) is 10.9. The normalized spacial score (nSPS) is 12.5. The second-order valence-electron chi connectivity index (χ2n) is 12.0. The van der Waals surface area contributed by atoms with Crippen LogP contribution in [0.15, 0.2) is 0 Å². The number of amides is 3. The van der Waals surface area contributed by atoms with Crippen LogP contribution in [0, 0.1) is 0 Å². The molecule has 0 aromatic carbocycles. The second kappa shape index (κ2) is 31.1. The number of rotatable bonds is 33. The highest BCUT2D eigenvalue weighted by molar-refractivity contribution is 7.80. The minimum absolute atomic E-state index is 0.111. The number of hydrogen-bond acceptors (Lipinski definition) is 7. The van der Waals surface area contributed by atoms with Crippen LogP contribution in [0.3, 0.4) is 0 Å². The van der Waals surface area contributed by atoms with Crippen molar-refractivity contribution in [2.75, 3.05) is 25.4 Å². The molecule has 0 saturated heterocycles. The molecule has 0 bridgehead atoms. The number of hydrogen-bond donors (Lipinski definition) is 7. The van der Waals surface area contributed by atoms with Crippen molar-refractivity contribution in [3.8, 4) is 0 Å². The van der Waals surface area contributed by atoms with Crippen molar-refractivity contribution >= 4 is 36.3 Å². The summed E-state index contributed by atoms with van der Waals surface area (Å²) in [6, 6.07) is -1.22. The Hall–Kier alpha value is -1.85. The van der Waals surface area contributed by atoms with Crippen LogP contribution in [0.4, 0.5) is 0 Å². The first-order chi connectivity index (χ1) is 21.3. The van der Waals surface area contributed by atoms with Crippen LogP contribution in [0.1, 0.15) is 148 Å². The third-order valence-corrected chi connectivity index (χ3v) is 8.33. The molecule has 11 heteroatoms. The van der Waals surface area contributed by atoms with Gasteiger partial charge in [-0.05, 0) is 51.6 Å². The molecule has 0 aliphatic rings. The van der Waals surface area contributed by atoms with Crippen molar-refractivity contribution in [3.63, 3.8) is 0 Å². The maximum Gasteiger partial charge on any atom is 0.303 e. The second-order valence-corrected chi connectivity index (χ2v) is 12.4. The fourth-order valence-electron chi connectivity index (χ4n) is 5.18. The average Bonchev–Trinajstić information content (AvgIpc) is 2.99. The van der Waals surface area contributed by atoms with E-state index in [0.29, 0.717) is 38.9 Å². The molecule has 2 unspecified atom stereocenters. The standard InChI is InChI=1S/C33H65N5O5S/c34-24-18-17-21-28(33(43)38-29(27-44)32(35)42)36-25-19-20-26-37-30(39)22-15-13-11-9-7-5-3-1-2-4-6-8-10-12-14-16-23-31(40)41/h28-29,36,44H,1-27,34H2,(H2,35,42)(H,37,39)(H,38,43)(H,40,41). The molecule has 0 fully saturated rings. The van der Waals surface area contributed by atoms with Gasteiger partial charge in [0.15, 0.2) is 0 Å². The van der Waals surface area contributed by atoms with Gasteiger partial charge in [0.1, 0.15) is 6.04 Å². The highest BCUT2D eigenvalue weighted by Crippen LogP contribution is 2.14. The number of thiol groups is 1. The van der Waals surface area contributed by atoms with Gasteiger partial charge in [-0.3, -0.25) is 19.2 Å². The minimum atomic E-state index is -0.794. The van der Waals surface area contributed by atoms with Crippen LogP contribution in [0.2, 0.25) is 0 Å². The Labute approximate surface area is 272 Å². The van der Waals surface area contributed by atoms with E-state index < -0.39 is 24.0 Å². The van der Waals surface area contributed by atoms with Gasteiger partial charge in [-0.25, -0.2) is 0 Å². The quantitative estimate of drug-likeness (QED) is 0.0390. The van der Waals surface area contributed by atoms with Crippen molar-refractivity contribution in [2.45, 2.75) is 160 Å². The Morgan fingerprint density at radius 1 is 0.614 bits per heavy atom. The lowest BCUT2D eigenvalue weighted by Crippen LogP contribution is -2.52. The number of unbranched alkanes of at least 4 members (excludes halogenated alkanes) is 17. The van der Waals surface area contributed by atoms with Crippen molar-refractivity contribution < 1.29 is 24.3 Å². The van der Waals surface area contributed by atoms with E-state index in [0.717, 1.165) is 57.8 Å². The molecular weight excluding hydrogens is 578 g/mol. The monoisotopic (exact) mass is 643 g/mol. The van der Waals surface area contributed by atoms with E-state index in [9.17, 15) is 19.2 Å². The summed E-state index contributed by atoms with van der Waals surface area (Å²) in [5, 5.41) is 17.6. The number of carboxylic acid groups (broad SMARTS) is 1. The molecule has 0 aromatic heterocycles. The first-order valence-corrected chi connectivity index (χ1v) is 18.1. The van der Waals surface area contributed by atoms with E-state index in [4.69, 9.17) is 16.6 Å². The molecule has 258 valence electrons. The molecule has 2 atom stereocenters. The number of carboxylic acids is 1. The predicted molar refractivity (Wildman–Crippen MR) is 183 cm³/mol. The van der Waals surface area contributed by atoms with Gasteiger partial charge in [0.2, 0.25) is 17.7 Å². The van der Waals surface area contributed by atoms with E-state index in [1.807, 2.05) is 0 Å². The Morgan fingerprint density at radius 3 is 1.55 bits per heavy atom. The molecule has 3 amide bonds. The summed E-state index contributed by atoms with van der Waals surface area (Å²) in [4.78, 5) is 46.7. The zero-order chi connectivity index (χ0) is 32.7. The molecule has 0 rings (SSSR count). The summed E-state index contributed by atoms with van der Waals surface area (Å²) in [5.74, 6) is -1.27. The van der Waals surface area contributed by atoms with Crippen LogP contribution in [0.25, 0.3) is 0 Å². The van der Waals surface area contributed by atoms with Crippen molar-refractivity contribution in [1.82, 2.24) is 16.0 Å². The lowest BCUT2D eigenvalue weighted by Gasteiger charge is -2.21. The number of carbonyl (C=O) groups excluding carboxylic acids is 3. The average molecular weight is 644 g/mol. The van der Waals surface area contributed by atoms with Gasteiger partial charge in [0, 0.05) is 25.1 Å². The number of primary amides is 1. The highest BCUT2D eigenvalue weighted by atomic mass is 32.1. The molecule has 0 heterocycles. The fraction of sp³-hybridized carbons (Fsp3) is 0.879. The van der Waals surface area contributed by atoms with Crippen molar-refractivity contribution in [2.24, 2.45) is 11.5 Å². The fourth-order valence-corrected chi connectivity index (χ4v) is 5.45. The van der Waals surface area contributed by atoms with Gasteiger partial charge in [-0.15, -0.1) is 0 Å². The summed E-state index contributed by atoms with van der Waals surface area (Å²) < 4.78 is 0. The third kappa shape index (κ3) is 27.7. The number of nitrogens with two attached hydrogens (primary N) is 2. The summed E-state index contributed by atoms with van der Waals surface area (Å²) >= 11 is 4.08. The first-order valence-electron chi connectivity index (χ1n) is 17.4. The number of nitrogens with one attached hydrogen (secondary N) is 3. The van der Waals surface area contributed by atoms with E-state index in [2.05, 4.69) is 28.6 Å². The van der Waals surface area contributed by atoms with Crippen molar-refractivity contribution in [3.05, 3.63) is 0 Å². The molecule has 44 heavy (non-hydrogen) atoms. The van der Waals surface area contributed by atoms with Gasteiger partial charge in [0.05, 0.1) is 6.04 Å². The van der Waals surface area contributed by atoms with E-state index in [1.165, 1.54) is 70.6 Å². The zero-order valence-electron chi connectivity index (χ0n) is 27.4. The van der Waals surface area contributed by atoms with Crippen LogP contribution in [0.5, 0.6) is 0 Å². The van der Waals surface area contributed by atoms with E-state index in [-0.39, 0.29) is 17.6 Å². The summed E-state index contributed by atoms with van der Waals surface area (Å²) in [7, 11) is 0. The topological polar surface area (TPSA) is 177 Å².